The normalized spacial score (nSPS) is 21.1. The van der Waals surface area contributed by atoms with Gasteiger partial charge >= 0.3 is 0 Å². The smallest absolute Gasteiger partial charge is 0.221 e. The number of amides is 1. The van der Waals surface area contributed by atoms with Gasteiger partial charge in [-0.2, -0.15) is 0 Å². The summed E-state index contributed by atoms with van der Waals surface area (Å²) in [5.74, 6) is 0.212. The number of carbonyl (C=O) groups excluding carboxylic acids is 1. The van der Waals surface area contributed by atoms with Crippen molar-refractivity contribution in [3.05, 3.63) is 11.6 Å². The van der Waals surface area contributed by atoms with Crippen LogP contribution in [0.2, 0.25) is 0 Å². The molecule has 1 amide bonds. The molecule has 21 heavy (non-hydrogen) atoms. The molecule has 1 heterocycles. The van der Waals surface area contributed by atoms with Crippen LogP contribution in [-0.2, 0) is 4.79 Å². The highest BCUT2D eigenvalue weighted by Crippen LogP contribution is 2.19. The van der Waals surface area contributed by atoms with E-state index in [9.17, 15) is 4.79 Å². The second kappa shape index (κ2) is 9.21. The van der Waals surface area contributed by atoms with Gasteiger partial charge in [-0.05, 0) is 38.6 Å². The van der Waals surface area contributed by atoms with Crippen molar-refractivity contribution >= 4 is 5.91 Å². The number of nitrogens with zero attached hydrogens (tertiary/aromatic N) is 2. The van der Waals surface area contributed by atoms with Crippen molar-refractivity contribution in [2.24, 2.45) is 0 Å². The number of hydrogen-bond acceptors (Lipinski definition) is 3. The number of likely N-dealkylation sites (N-methyl/N-ethyl adjacent to an activating group) is 1. The molecule has 1 fully saturated rings. The van der Waals surface area contributed by atoms with Crippen LogP contribution in [0, 0.1) is 0 Å². The molecule has 0 unspecified atom stereocenters. The second-order valence-electron chi connectivity index (χ2n) is 6.23. The molecular formula is C17H31N3O. The van der Waals surface area contributed by atoms with Crippen molar-refractivity contribution in [3.63, 3.8) is 0 Å². The Morgan fingerprint density at radius 1 is 1.19 bits per heavy atom. The Labute approximate surface area is 129 Å². The van der Waals surface area contributed by atoms with Crippen LogP contribution in [-0.4, -0.2) is 61.5 Å². The molecule has 0 bridgehead atoms. The van der Waals surface area contributed by atoms with Crippen LogP contribution in [0.15, 0.2) is 11.6 Å². The maximum atomic E-state index is 11.9. The van der Waals surface area contributed by atoms with E-state index < -0.39 is 0 Å². The molecule has 1 aliphatic heterocycles. The summed E-state index contributed by atoms with van der Waals surface area (Å²) in [6.45, 7) is 9.58. The molecule has 4 nitrogen and oxygen atoms in total. The standard InChI is InChI=1S/C17H31N3O/c1-2-19-12-14-20(15-13-19)11-9-17(21)18-10-8-16-6-4-3-5-7-16/h6H,2-5,7-15H2,1H3,(H,18,21). The zero-order chi connectivity index (χ0) is 14.9. The van der Waals surface area contributed by atoms with E-state index >= 15 is 0 Å². The minimum atomic E-state index is 0.212. The van der Waals surface area contributed by atoms with E-state index in [1.54, 1.807) is 0 Å². The van der Waals surface area contributed by atoms with Crippen molar-refractivity contribution in [3.8, 4) is 0 Å². The van der Waals surface area contributed by atoms with E-state index in [0.29, 0.717) is 6.42 Å². The van der Waals surface area contributed by atoms with Crippen LogP contribution < -0.4 is 5.32 Å². The van der Waals surface area contributed by atoms with Crippen LogP contribution in [0.25, 0.3) is 0 Å². The monoisotopic (exact) mass is 293 g/mol. The van der Waals surface area contributed by atoms with E-state index in [1.807, 2.05) is 0 Å². The van der Waals surface area contributed by atoms with Gasteiger partial charge in [0, 0.05) is 45.7 Å². The van der Waals surface area contributed by atoms with Gasteiger partial charge in [-0.15, -0.1) is 0 Å². The van der Waals surface area contributed by atoms with E-state index in [4.69, 9.17) is 0 Å². The fourth-order valence-corrected chi connectivity index (χ4v) is 3.17. The fourth-order valence-electron chi connectivity index (χ4n) is 3.17. The lowest BCUT2D eigenvalue weighted by atomic mass is 9.97. The maximum absolute atomic E-state index is 11.9. The van der Waals surface area contributed by atoms with Gasteiger partial charge in [-0.25, -0.2) is 0 Å². The van der Waals surface area contributed by atoms with Gasteiger partial charge in [-0.3, -0.25) is 4.79 Å². The minimum absolute atomic E-state index is 0.212. The predicted octanol–water partition coefficient (Wildman–Crippen LogP) is 2.02. The summed E-state index contributed by atoms with van der Waals surface area (Å²) in [7, 11) is 0. The average molecular weight is 293 g/mol. The number of carbonyl (C=O) groups is 1. The first-order valence-corrected chi connectivity index (χ1v) is 8.67. The van der Waals surface area contributed by atoms with Crippen LogP contribution in [0.3, 0.4) is 0 Å². The quantitative estimate of drug-likeness (QED) is 0.730. The van der Waals surface area contributed by atoms with Gasteiger partial charge in [-0.1, -0.05) is 18.6 Å². The Morgan fingerprint density at radius 3 is 2.62 bits per heavy atom. The molecule has 120 valence electrons. The molecule has 1 aliphatic carbocycles. The molecule has 0 aromatic carbocycles. The summed E-state index contributed by atoms with van der Waals surface area (Å²) < 4.78 is 0. The van der Waals surface area contributed by atoms with Crippen LogP contribution >= 0.6 is 0 Å². The van der Waals surface area contributed by atoms with Gasteiger partial charge in [0.2, 0.25) is 5.91 Å². The number of nitrogens with one attached hydrogen (secondary N) is 1. The molecule has 1 N–H and O–H groups in total. The second-order valence-corrected chi connectivity index (χ2v) is 6.23. The summed E-state index contributed by atoms with van der Waals surface area (Å²) in [4.78, 5) is 16.8. The van der Waals surface area contributed by atoms with Crippen molar-refractivity contribution < 1.29 is 4.79 Å². The van der Waals surface area contributed by atoms with Gasteiger partial charge < -0.3 is 15.1 Å². The predicted molar refractivity (Wildman–Crippen MR) is 87.3 cm³/mol. The molecule has 0 aromatic rings. The number of allylic oxidation sites excluding steroid dienone is 1. The van der Waals surface area contributed by atoms with Crippen LogP contribution in [0.1, 0.15) is 45.4 Å². The lowest BCUT2D eigenvalue weighted by Gasteiger charge is -2.33. The molecule has 2 rings (SSSR count). The molecule has 0 atom stereocenters. The highest BCUT2D eigenvalue weighted by molar-refractivity contribution is 5.76. The zero-order valence-electron chi connectivity index (χ0n) is 13.6. The Morgan fingerprint density at radius 2 is 1.95 bits per heavy atom. The third-order valence-corrected chi connectivity index (χ3v) is 4.72. The highest BCUT2D eigenvalue weighted by atomic mass is 16.1. The summed E-state index contributed by atoms with van der Waals surface area (Å²) in [5.41, 5.74) is 1.54. The third-order valence-electron chi connectivity index (χ3n) is 4.72. The topological polar surface area (TPSA) is 35.6 Å². The average Bonchev–Trinajstić information content (AvgIpc) is 2.54. The van der Waals surface area contributed by atoms with E-state index in [2.05, 4.69) is 28.1 Å². The van der Waals surface area contributed by atoms with Crippen molar-refractivity contribution in [2.75, 3.05) is 45.8 Å². The van der Waals surface area contributed by atoms with E-state index in [1.165, 1.54) is 31.3 Å². The molecule has 0 saturated carbocycles. The molecule has 0 spiro atoms. The maximum Gasteiger partial charge on any atom is 0.221 e. The summed E-state index contributed by atoms with van der Waals surface area (Å²) in [5, 5.41) is 3.07. The van der Waals surface area contributed by atoms with Crippen LogP contribution in [0.5, 0.6) is 0 Å². The third kappa shape index (κ3) is 6.18. The highest BCUT2D eigenvalue weighted by Gasteiger charge is 2.15. The first-order chi connectivity index (χ1) is 10.3. The SMILES string of the molecule is CCN1CCN(CCC(=O)NCCC2=CCCCC2)CC1. The summed E-state index contributed by atoms with van der Waals surface area (Å²) in [6, 6.07) is 0. The zero-order valence-corrected chi connectivity index (χ0v) is 13.6. The van der Waals surface area contributed by atoms with E-state index in [0.717, 1.165) is 52.2 Å². The molecular weight excluding hydrogens is 262 g/mol. The molecule has 1 saturated heterocycles. The molecule has 2 aliphatic rings. The van der Waals surface area contributed by atoms with Crippen molar-refractivity contribution in [1.29, 1.82) is 0 Å². The van der Waals surface area contributed by atoms with E-state index in [-0.39, 0.29) is 5.91 Å². The van der Waals surface area contributed by atoms with Crippen molar-refractivity contribution in [2.45, 2.75) is 45.4 Å². The lowest BCUT2D eigenvalue weighted by Crippen LogP contribution is -2.47. The van der Waals surface area contributed by atoms with Crippen LogP contribution in [0.4, 0.5) is 0 Å². The fraction of sp³-hybridized carbons (Fsp3) is 0.824. The van der Waals surface area contributed by atoms with Gasteiger partial charge in [0.15, 0.2) is 0 Å². The Balaban J connectivity index is 1.52. The Bertz CT molecular complexity index is 346. The van der Waals surface area contributed by atoms with Gasteiger partial charge in [0.1, 0.15) is 0 Å². The van der Waals surface area contributed by atoms with Gasteiger partial charge in [0.05, 0.1) is 0 Å². The first-order valence-electron chi connectivity index (χ1n) is 8.67. The Kier molecular flexibility index (Phi) is 7.24. The molecule has 4 heteroatoms. The molecule has 0 aromatic heterocycles. The van der Waals surface area contributed by atoms with Gasteiger partial charge in [0.25, 0.3) is 0 Å². The molecule has 0 radical (unpaired) electrons. The lowest BCUT2D eigenvalue weighted by molar-refractivity contribution is -0.121. The summed E-state index contributed by atoms with van der Waals surface area (Å²) >= 11 is 0. The minimum Gasteiger partial charge on any atom is -0.356 e. The number of piperazine rings is 1. The Hall–Kier alpha value is -0.870. The number of rotatable bonds is 7. The largest absolute Gasteiger partial charge is 0.356 e. The first kappa shape index (κ1) is 16.5. The summed E-state index contributed by atoms with van der Waals surface area (Å²) in [6.07, 6.45) is 9.17. The van der Waals surface area contributed by atoms with Crippen molar-refractivity contribution in [1.82, 2.24) is 15.1 Å². The number of hydrogen-bond donors (Lipinski definition) is 1.